The van der Waals surface area contributed by atoms with Gasteiger partial charge in [0.25, 0.3) is 0 Å². The summed E-state index contributed by atoms with van der Waals surface area (Å²) in [6, 6.07) is 9.61. The van der Waals surface area contributed by atoms with Gasteiger partial charge in [0.1, 0.15) is 10.8 Å². The Kier molecular flexibility index (Phi) is 5.35. The molecule has 0 spiro atoms. The number of benzene rings is 1. The van der Waals surface area contributed by atoms with Crippen LogP contribution in [0.3, 0.4) is 0 Å². The van der Waals surface area contributed by atoms with Crippen molar-refractivity contribution in [2.24, 2.45) is 5.92 Å². The molecule has 1 amide bonds. The number of amides is 1. The van der Waals surface area contributed by atoms with Gasteiger partial charge in [-0.05, 0) is 31.7 Å². The van der Waals surface area contributed by atoms with Crippen molar-refractivity contribution in [3.63, 3.8) is 0 Å². The zero-order valence-corrected chi connectivity index (χ0v) is 14.5. The van der Waals surface area contributed by atoms with E-state index < -0.39 is 0 Å². The maximum Gasteiger partial charge on any atom is 0.230 e. The number of carbonyl (C=O) groups is 2. The molecule has 0 unspecified atom stereocenters. The number of Topliss-reactive ketones (excluding diaryl/α,β-unsaturated/α-hetero) is 1. The molecule has 1 heterocycles. The summed E-state index contributed by atoms with van der Waals surface area (Å²) in [7, 11) is 0. The topological polar surface area (TPSA) is 72.0 Å². The van der Waals surface area contributed by atoms with Crippen molar-refractivity contribution in [2.45, 2.75) is 44.9 Å². The Hall–Kier alpha value is -2.08. The highest BCUT2D eigenvalue weighted by Crippen LogP contribution is 2.38. The van der Waals surface area contributed by atoms with E-state index in [2.05, 4.69) is 15.5 Å². The lowest BCUT2D eigenvalue weighted by Crippen LogP contribution is -2.19. The Morgan fingerprint density at radius 1 is 1.21 bits per heavy atom. The zero-order valence-electron chi connectivity index (χ0n) is 13.7. The number of anilines is 1. The maximum absolute atomic E-state index is 12.1. The molecule has 1 aliphatic rings. The van der Waals surface area contributed by atoms with E-state index in [1.165, 1.54) is 11.3 Å². The number of ketones is 1. The second-order valence-corrected chi connectivity index (χ2v) is 7.34. The molecule has 2 atom stereocenters. The number of nitrogens with one attached hydrogen (secondary N) is 1. The first-order valence-electron chi connectivity index (χ1n) is 8.29. The molecule has 24 heavy (non-hydrogen) atoms. The molecule has 0 bridgehead atoms. The Labute approximate surface area is 145 Å². The van der Waals surface area contributed by atoms with Gasteiger partial charge in [0.05, 0.1) is 6.42 Å². The standard InChI is InChI=1S/C18H21N3O2S/c1-12(22)14-8-5-9-15(11-14)17-20-21-18(24-17)19-16(23)10-13-6-3-2-4-7-13/h2-4,6-7,14-15H,5,8-11H2,1H3,(H,19,21,23)/t14-,15-/m0/s1. The quantitative estimate of drug-likeness (QED) is 0.900. The van der Waals surface area contributed by atoms with Crippen LogP contribution >= 0.6 is 11.3 Å². The van der Waals surface area contributed by atoms with E-state index in [1.54, 1.807) is 6.92 Å². The number of nitrogens with zero attached hydrogens (tertiary/aromatic N) is 2. The summed E-state index contributed by atoms with van der Waals surface area (Å²) in [6.07, 6.45) is 4.24. The van der Waals surface area contributed by atoms with Crippen molar-refractivity contribution in [2.75, 3.05) is 5.32 Å². The van der Waals surface area contributed by atoms with E-state index in [4.69, 9.17) is 0 Å². The van der Waals surface area contributed by atoms with Crippen LogP contribution in [0.1, 0.15) is 49.1 Å². The average Bonchev–Trinajstić information content (AvgIpc) is 3.04. The SMILES string of the molecule is CC(=O)[C@H]1CCC[C@H](c2nnc(NC(=O)Cc3ccccc3)s2)C1. The van der Waals surface area contributed by atoms with Crippen LogP contribution in [-0.2, 0) is 16.0 Å². The van der Waals surface area contributed by atoms with Crippen LogP contribution in [0.25, 0.3) is 0 Å². The van der Waals surface area contributed by atoms with Gasteiger partial charge in [0.15, 0.2) is 0 Å². The van der Waals surface area contributed by atoms with E-state index in [0.29, 0.717) is 11.6 Å². The van der Waals surface area contributed by atoms with Gasteiger partial charge < -0.3 is 5.32 Å². The molecular weight excluding hydrogens is 322 g/mol. The van der Waals surface area contributed by atoms with Crippen LogP contribution in [0, 0.1) is 5.92 Å². The number of aromatic nitrogens is 2. The Balaban J connectivity index is 1.59. The van der Waals surface area contributed by atoms with E-state index in [0.717, 1.165) is 36.3 Å². The fourth-order valence-electron chi connectivity index (χ4n) is 3.18. The maximum atomic E-state index is 12.1. The molecule has 2 aromatic rings. The Morgan fingerprint density at radius 2 is 2.00 bits per heavy atom. The van der Waals surface area contributed by atoms with E-state index in [1.807, 2.05) is 30.3 Å². The molecule has 1 N–H and O–H groups in total. The Bertz CT molecular complexity index is 714. The van der Waals surface area contributed by atoms with Gasteiger partial charge in [-0.1, -0.05) is 48.1 Å². The van der Waals surface area contributed by atoms with E-state index in [9.17, 15) is 9.59 Å². The van der Waals surface area contributed by atoms with E-state index >= 15 is 0 Å². The highest BCUT2D eigenvalue weighted by molar-refractivity contribution is 7.15. The van der Waals surface area contributed by atoms with Crippen LogP contribution in [-0.4, -0.2) is 21.9 Å². The van der Waals surface area contributed by atoms with Gasteiger partial charge >= 0.3 is 0 Å². The van der Waals surface area contributed by atoms with Crippen molar-refractivity contribution < 1.29 is 9.59 Å². The lowest BCUT2D eigenvalue weighted by Gasteiger charge is -2.25. The second-order valence-electron chi connectivity index (χ2n) is 6.33. The molecule has 6 heteroatoms. The fourth-order valence-corrected chi connectivity index (χ4v) is 4.09. The third-order valence-corrected chi connectivity index (χ3v) is 5.49. The molecule has 1 fully saturated rings. The largest absolute Gasteiger partial charge is 0.300 e. The zero-order chi connectivity index (χ0) is 16.9. The molecule has 1 aromatic heterocycles. The smallest absolute Gasteiger partial charge is 0.230 e. The molecule has 1 aromatic carbocycles. The first-order valence-corrected chi connectivity index (χ1v) is 9.11. The van der Waals surface area contributed by atoms with E-state index in [-0.39, 0.29) is 23.5 Å². The van der Waals surface area contributed by atoms with Gasteiger partial charge in [-0.2, -0.15) is 0 Å². The first-order chi connectivity index (χ1) is 11.6. The lowest BCUT2D eigenvalue weighted by molar-refractivity contribution is -0.121. The molecule has 0 radical (unpaired) electrons. The minimum absolute atomic E-state index is 0.0887. The first kappa shape index (κ1) is 16.8. The molecular formula is C18H21N3O2S. The average molecular weight is 343 g/mol. The highest BCUT2D eigenvalue weighted by Gasteiger charge is 2.28. The third-order valence-electron chi connectivity index (χ3n) is 4.49. The molecule has 0 aliphatic heterocycles. The van der Waals surface area contributed by atoms with Crippen LogP contribution in [0.2, 0.25) is 0 Å². The van der Waals surface area contributed by atoms with Crippen LogP contribution in [0.15, 0.2) is 30.3 Å². The lowest BCUT2D eigenvalue weighted by atomic mass is 9.80. The predicted molar refractivity (Wildman–Crippen MR) is 94.1 cm³/mol. The van der Waals surface area contributed by atoms with Crippen molar-refractivity contribution in [1.82, 2.24) is 10.2 Å². The molecule has 1 saturated carbocycles. The van der Waals surface area contributed by atoms with Crippen LogP contribution in [0.4, 0.5) is 5.13 Å². The molecule has 0 saturated heterocycles. The van der Waals surface area contributed by atoms with Gasteiger partial charge in [0, 0.05) is 11.8 Å². The van der Waals surface area contributed by atoms with Crippen molar-refractivity contribution in [1.29, 1.82) is 0 Å². The van der Waals surface area contributed by atoms with Crippen molar-refractivity contribution in [3.8, 4) is 0 Å². The third kappa shape index (κ3) is 4.26. The number of carbonyl (C=O) groups excluding carboxylic acids is 2. The van der Waals surface area contributed by atoms with Gasteiger partial charge in [0.2, 0.25) is 11.0 Å². The second kappa shape index (κ2) is 7.66. The summed E-state index contributed by atoms with van der Waals surface area (Å²) in [6.45, 7) is 1.67. The highest BCUT2D eigenvalue weighted by atomic mass is 32.1. The predicted octanol–water partition coefficient (Wildman–Crippen LogP) is 3.58. The monoisotopic (exact) mass is 343 g/mol. The number of hydrogen-bond acceptors (Lipinski definition) is 5. The van der Waals surface area contributed by atoms with Crippen LogP contribution < -0.4 is 5.32 Å². The summed E-state index contributed by atoms with van der Waals surface area (Å²) in [5.41, 5.74) is 0.969. The number of rotatable bonds is 5. The normalized spacial score (nSPS) is 20.5. The minimum atomic E-state index is -0.0887. The molecule has 5 nitrogen and oxygen atoms in total. The Morgan fingerprint density at radius 3 is 2.75 bits per heavy atom. The van der Waals surface area contributed by atoms with Crippen LogP contribution in [0.5, 0.6) is 0 Å². The van der Waals surface area contributed by atoms with Gasteiger partial charge in [-0.15, -0.1) is 10.2 Å². The summed E-state index contributed by atoms with van der Waals surface area (Å²) < 4.78 is 0. The van der Waals surface area contributed by atoms with Crippen molar-refractivity contribution in [3.05, 3.63) is 40.9 Å². The summed E-state index contributed by atoms with van der Waals surface area (Å²) in [4.78, 5) is 23.7. The van der Waals surface area contributed by atoms with Gasteiger partial charge in [-0.3, -0.25) is 9.59 Å². The molecule has 126 valence electrons. The summed E-state index contributed by atoms with van der Waals surface area (Å²) in [5.74, 6) is 0.600. The van der Waals surface area contributed by atoms with Crippen molar-refractivity contribution >= 4 is 28.2 Å². The molecule has 1 aliphatic carbocycles. The molecule has 3 rings (SSSR count). The summed E-state index contributed by atoms with van der Waals surface area (Å²) >= 11 is 1.43. The fraction of sp³-hybridized carbons (Fsp3) is 0.444. The minimum Gasteiger partial charge on any atom is -0.300 e. The number of hydrogen-bond donors (Lipinski definition) is 1. The van der Waals surface area contributed by atoms with Gasteiger partial charge in [-0.25, -0.2) is 0 Å². The summed E-state index contributed by atoms with van der Waals surface area (Å²) in [5, 5.41) is 12.6.